The summed E-state index contributed by atoms with van der Waals surface area (Å²) in [6.07, 6.45) is 0. The van der Waals surface area contributed by atoms with Crippen LogP contribution in [0.3, 0.4) is 0 Å². The Morgan fingerprint density at radius 1 is 0.833 bits per heavy atom. The molecule has 0 radical (unpaired) electrons. The van der Waals surface area contributed by atoms with Crippen LogP contribution in [-0.4, -0.2) is 20.5 Å². The smallest absolute Gasteiger partial charge is 0.206 e. The van der Waals surface area contributed by atoms with Gasteiger partial charge in [0.1, 0.15) is 5.75 Å². The van der Waals surface area contributed by atoms with Gasteiger partial charge >= 0.3 is 0 Å². The molecule has 0 aliphatic rings. The molecule has 0 spiro atoms. The molecule has 0 fully saturated rings. The quantitative estimate of drug-likeness (QED) is 0.468. The van der Waals surface area contributed by atoms with Crippen molar-refractivity contribution < 1.29 is 13.2 Å². The van der Waals surface area contributed by atoms with Gasteiger partial charge in [0, 0.05) is 22.5 Å². The van der Waals surface area contributed by atoms with Crippen LogP contribution < -0.4 is 10.1 Å². The van der Waals surface area contributed by atoms with Crippen LogP contribution in [0.1, 0.15) is 11.3 Å². The second kappa shape index (κ2) is 7.80. The molecular weight excluding hydrogens is 396 g/mol. The topological polar surface area (TPSA) is 68.3 Å². The van der Waals surface area contributed by atoms with Gasteiger partial charge in [-0.15, -0.1) is 0 Å². The van der Waals surface area contributed by atoms with Crippen molar-refractivity contribution in [3.8, 4) is 5.75 Å². The van der Waals surface area contributed by atoms with Crippen molar-refractivity contribution in [2.75, 3.05) is 12.4 Å². The van der Waals surface area contributed by atoms with Gasteiger partial charge in [-0.25, -0.2) is 8.42 Å². The van der Waals surface area contributed by atoms with E-state index in [4.69, 9.17) is 4.74 Å². The maximum Gasteiger partial charge on any atom is 0.206 e. The first-order chi connectivity index (χ1) is 14.4. The Hall–Kier alpha value is -3.38. The Balaban J connectivity index is 1.66. The highest BCUT2D eigenvalue weighted by molar-refractivity contribution is 7.91. The Kier molecular flexibility index (Phi) is 5.18. The number of anilines is 2. The van der Waals surface area contributed by atoms with E-state index in [1.54, 1.807) is 55.6 Å². The summed E-state index contributed by atoms with van der Waals surface area (Å²) < 4.78 is 31.1. The number of fused-ring (bicyclic) bond motifs is 1. The Labute approximate surface area is 176 Å². The molecule has 3 aromatic carbocycles. The van der Waals surface area contributed by atoms with E-state index in [9.17, 15) is 8.42 Å². The molecule has 0 aliphatic heterocycles. The van der Waals surface area contributed by atoms with Crippen LogP contribution in [0.5, 0.6) is 5.75 Å². The third-order valence-electron chi connectivity index (χ3n) is 4.92. The van der Waals surface area contributed by atoms with Crippen molar-refractivity contribution in [1.29, 1.82) is 0 Å². The summed E-state index contributed by atoms with van der Waals surface area (Å²) in [6.45, 7) is 3.86. The van der Waals surface area contributed by atoms with Crippen molar-refractivity contribution in [2.45, 2.75) is 23.6 Å². The van der Waals surface area contributed by atoms with E-state index in [1.807, 2.05) is 38.1 Å². The lowest BCUT2D eigenvalue weighted by Gasteiger charge is -2.13. The Morgan fingerprint density at radius 3 is 2.10 bits per heavy atom. The number of sulfone groups is 1. The summed E-state index contributed by atoms with van der Waals surface area (Å²) in [7, 11) is -1.92. The molecule has 0 aliphatic carbocycles. The summed E-state index contributed by atoms with van der Waals surface area (Å²) in [5.74, 6) is 0.746. The van der Waals surface area contributed by atoms with Crippen LogP contribution in [0, 0.1) is 13.8 Å². The molecule has 152 valence electrons. The van der Waals surface area contributed by atoms with Gasteiger partial charge < -0.3 is 10.1 Å². The van der Waals surface area contributed by atoms with Crippen LogP contribution >= 0.6 is 0 Å². The van der Waals surface area contributed by atoms with Crippen molar-refractivity contribution >= 4 is 32.1 Å². The lowest BCUT2D eigenvalue weighted by atomic mass is 10.1. The molecule has 1 heterocycles. The zero-order chi connectivity index (χ0) is 21.3. The third-order valence-corrected chi connectivity index (χ3v) is 6.70. The molecule has 5 nitrogen and oxygen atoms in total. The fourth-order valence-corrected chi connectivity index (χ4v) is 4.56. The lowest BCUT2D eigenvalue weighted by molar-refractivity contribution is 0.415. The van der Waals surface area contributed by atoms with Crippen LogP contribution in [-0.2, 0) is 9.84 Å². The number of nitrogens with zero attached hydrogens (tertiary/aromatic N) is 1. The molecule has 1 N–H and O–H groups in total. The summed E-state index contributed by atoms with van der Waals surface area (Å²) in [6, 6.07) is 21.3. The predicted octanol–water partition coefficient (Wildman–Crippen LogP) is 5.44. The van der Waals surface area contributed by atoms with Gasteiger partial charge in [0.2, 0.25) is 9.84 Å². The van der Waals surface area contributed by atoms with E-state index < -0.39 is 9.84 Å². The van der Waals surface area contributed by atoms with E-state index in [0.29, 0.717) is 0 Å². The van der Waals surface area contributed by atoms with Crippen molar-refractivity contribution in [3.63, 3.8) is 0 Å². The van der Waals surface area contributed by atoms with Crippen molar-refractivity contribution in [2.24, 2.45) is 0 Å². The molecule has 4 aromatic rings. The van der Waals surface area contributed by atoms with Crippen LogP contribution in [0.25, 0.3) is 10.9 Å². The average molecular weight is 419 g/mol. The van der Waals surface area contributed by atoms with E-state index in [-0.39, 0.29) is 9.79 Å². The van der Waals surface area contributed by atoms with Gasteiger partial charge in [-0.2, -0.15) is 0 Å². The van der Waals surface area contributed by atoms with Gasteiger partial charge in [-0.05, 0) is 74.5 Å². The number of aryl methyl sites for hydroxylation is 2. The fourth-order valence-electron chi connectivity index (χ4n) is 3.29. The molecule has 6 heteroatoms. The first-order valence-electron chi connectivity index (χ1n) is 9.51. The molecule has 0 unspecified atom stereocenters. The summed E-state index contributed by atoms with van der Waals surface area (Å²) in [5.41, 5.74) is 4.42. The van der Waals surface area contributed by atoms with E-state index in [0.717, 1.165) is 39.3 Å². The normalized spacial score (nSPS) is 11.4. The molecule has 0 saturated heterocycles. The third kappa shape index (κ3) is 3.86. The van der Waals surface area contributed by atoms with Gasteiger partial charge in [-0.3, -0.25) is 4.98 Å². The molecule has 0 bridgehead atoms. The minimum absolute atomic E-state index is 0.259. The van der Waals surface area contributed by atoms with Gasteiger partial charge in [0.15, 0.2) is 0 Å². The zero-order valence-electron chi connectivity index (χ0n) is 17.0. The van der Waals surface area contributed by atoms with Crippen LogP contribution in [0.15, 0.2) is 82.6 Å². The monoisotopic (exact) mass is 418 g/mol. The van der Waals surface area contributed by atoms with Crippen molar-refractivity contribution in [1.82, 2.24) is 4.98 Å². The zero-order valence-corrected chi connectivity index (χ0v) is 17.8. The number of rotatable bonds is 5. The minimum Gasteiger partial charge on any atom is -0.497 e. The Bertz CT molecular complexity index is 1310. The fraction of sp³-hybridized carbons (Fsp3) is 0.125. The summed E-state index contributed by atoms with van der Waals surface area (Å²) in [5, 5.41) is 4.30. The molecule has 0 amide bonds. The molecule has 30 heavy (non-hydrogen) atoms. The number of methoxy groups -OCH3 is 1. The second-order valence-corrected chi connectivity index (χ2v) is 9.11. The summed E-state index contributed by atoms with van der Waals surface area (Å²) in [4.78, 5) is 5.11. The number of aromatic nitrogens is 1. The first-order valence-corrected chi connectivity index (χ1v) is 11.0. The summed E-state index contributed by atoms with van der Waals surface area (Å²) >= 11 is 0. The maximum atomic E-state index is 12.9. The van der Waals surface area contributed by atoms with Gasteiger partial charge in [0.25, 0.3) is 0 Å². The van der Waals surface area contributed by atoms with Crippen molar-refractivity contribution in [3.05, 3.63) is 84.1 Å². The number of hydrogen-bond acceptors (Lipinski definition) is 5. The maximum absolute atomic E-state index is 12.9. The van der Waals surface area contributed by atoms with Crippen LogP contribution in [0.4, 0.5) is 11.4 Å². The number of pyridine rings is 1. The molecule has 1 aromatic heterocycles. The second-order valence-electron chi connectivity index (χ2n) is 7.16. The van der Waals surface area contributed by atoms with E-state index in [2.05, 4.69) is 10.3 Å². The number of hydrogen-bond donors (Lipinski definition) is 1. The van der Waals surface area contributed by atoms with E-state index >= 15 is 0 Å². The highest BCUT2D eigenvalue weighted by Crippen LogP contribution is 2.30. The number of ether oxygens (including phenoxy) is 1. The number of nitrogens with one attached hydrogen (secondary N) is 1. The molecule has 0 atom stereocenters. The lowest BCUT2D eigenvalue weighted by Crippen LogP contribution is -2.02. The van der Waals surface area contributed by atoms with Gasteiger partial charge in [0.05, 0.1) is 22.4 Å². The average Bonchev–Trinajstić information content (AvgIpc) is 2.74. The predicted molar refractivity (Wildman–Crippen MR) is 119 cm³/mol. The molecular formula is C24H22N2O3S. The minimum atomic E-state index is -3.55. The standard InChI is InChI=1S/C24H22N2O3S/c1-16-4-9-20(10-5-16)30(27,28)21-11-6-18(7-12-21)26-24-14-17(2)25-23-13-8-19(29-3)15-22(23)24/h4-15H,1-3H3,(H,25,26). The number of benzene rings is 3. The van der Waals surface area contributed by atoms with Gasteiger partial charge in [-0.1, -0.05) is 17.7 Å². The van der Waals surface area contributed by atoms with E-state index in [1.165, 1.54) is 0 Å². The highest BCUT2D eigenvalue weighted by Gasteiger charge is 2.17. The van der Waals surface area contributed by atoms with Crippen LogP contribution in [0.2, 0.25) is 0 Å². The SMILES string of the molecule is COc1ccc2nc(C)cc(Nc3ccc(S(=O)(=O)c4ccc(C)cc4)cc3)c2c1. The Morgan fingerprint density at radius 2 is 1.47 bits per heavy atom. The molecule has 0 saturated carbocycles. The first kappa shape index (κ1) is 19.9. The molecule has 4 rings (SSSR count). The largest absolute Gasteiger partial charge is 0.497 e. The highest BCUT2D eigenvalue weighted by atomic mass is 32.2.